The third kappa shape index (κ3) is 4.32. The summed E-state index contributed by atoms with van der Waals surface area (Å²) < 4.78 is 7.00. The minimum atomic E-state index is -0.237. The second kappa shape index (κ2) is 8.61. The number of fused-ring (bicyclic) bond motifs is 1. The Kier molecular flexibility index (Phi) is 5.74. The minimum absolute atomic E-state index is 0.0322. The molecule has 0 fully saturated rings. The molecule has 0 atom stereocenters. The Hall–Kier alpha value is -3.28. The van der Waals surface area contributed by atoms with Crippen LogP contribution in [0, 0.1) is 0 Å². The first-order valence-electron chi connectivity index (χ1n) is 9.44. The number of benzene rings is 2. The van der Waals surface area contributed by atoms with Crippen molar-refractivity contribution in [3.05, 3.63) is 70.9 Å². The van der Waals surface area contributed by atoms with Crippen molar-refractivity contribution in [1.29, 1.82) is 0 Å². The van der Waals surface area contributed by atoms with Gasteiger partial charge in [-0.3, -0.25) is 4.79 Å². The average Bonchev–Trinajstić information content (AvgIpc) is 3.18. The van der Waals surface area contributed by atoms with Crippen molar-refractivity contribution in [2.45, 2.75) is 13.8 Å². The van der Waals surface area contributed by atoms with E-state index in [4.69, 9.17) is 4.74 Å². The zero-order chi connectivity index (χ0) is 21.1. The third-order valence-electron chi connectivity index (χ3n) is 4.52. The molecule has 0 saturated heterocycles. The number of ketones is 1. The summed E-state index contributed by atoms with van der Waals surface area (Å²) in [6, 6.07) is 17.1. The molecule has 0 radical (unpaired) electrons. The van der Waals surface area contributed by atoms with Crippen LogP contribution in [0.4, 0.5) is 11.5 Å². The fourth-order valence-corrected chi connectivity index (χ4v) is 5.00. The van der Waals surface area contributed by atoms with Gasteiger partial charge in [-0.2, -0.15) is 0 Å². The van der Waals surface area contributed by atoms with Crippen LogP contribution in [-0.4, -0.2) is 42.8 Å². The van der Waals surface area contributed by atoms with Crippen LogP contribution in [-0.2, 0) is 4.74 Å². The van der Waals surface area contributed by atoms with E-state index in [1.165, 1.54) is 6.33 Å². The summed E-state index contributed by atoms with van der Waals surface area (Å²) in [5, 5.41) is 4.32. The van der Waals surface area contributed by atoms with E-state index in [2.05, 4.69) is 15.3 Å². The van der Waals surface area contributed by atoms with Crippen LogP contribution in [0.5, 0.6) is 0 Å². The Morgan fingerprint density at radius 3 is 2.57 bits per heavy atom. The molecule has 0 aliphatic carbocycles. The molecule has 0 spiro atoms. The Morgan fingerprint density at radius 1 is 1.03 bits per heavy atom. The zero-order valence-corrected chi connectivity index (χ0v) is 18.2. The number of carbonyl (C=O) groups is 2. The Morgan fingerprint density at radius 2 is 1.83 bits per heavy atom. The van der Waals surface area contributed by atoms with Crippen molar-refractivity contribution in [2.24, 2.45) is 0 Å². The number of ether oxygens (including phenoxy) is 1. The van der Waals surface area contributed by atoms with Crippen molar-refractivity contribution < 1.29 is 14.3 Å². The van der Waals surface area contributed by atoms with Crippen LogP contribution in [0.3, 0.4) is 0 Å². The number of hydrogen-bond donors (Lipinski definition) is 1. The molecule has 2 heterocycles. The van der Waals surface area contributed by atoms with Gasteiger partial charge >= 0.3 is 162 Å². The molecule has 30 heavy (non-hydrogen) atoms. The quantitative estimate of drug-likeness (QED) is 0.258. The molecule has 4 rings (SSSR count). The maximum absolute atomic E-state index is 12.0. The van der Waals surface area contributed by atoms with Gasteiger partial charge in [0.1, 0.15) is 0 Å². The van der Waals surface area contributed by atoms with E-state index in [-0.39, 0.29) is 26.3 Å². The number of nitrogens with zero attached hydrogens (tertiary/aromatic N) is 2. The van der Waals surface area contributed by atoms with E-state index in [9.17, 15) is 9.59 Å². The number of rotatable bonds is 6. The molecular formula is C23H19N3O3Se. The Labute approximate surface area is 179 Å². The van der Waals surface area contributed by atoms with Gasteiger partial charge in [0.2, 0.25) is 0 Å². The summed E-state index contributed by atoms with van der Waals surface area (Å²) in [4.78, 5) is 32.1. The number of anilines is 2. The van der Waals surface area contributed by atoms with Crippen LogP contribution in [0.1, 0.15) is 33.4 Å². The molecule has 7 heteroatoms. The van der Waals surface area contributed by atoms with Crippen LogP contribution < -0.4 is 5.32 Å². The van der Waals surface area contributed by atoms with Gasteiger partial charge < -0.3 is 0 Å². The van der Waals surface area contributed by atoms with Crippen LogP contribution in [0.2, 0.25) is 0 Å². The normalized spacial score (nSPS) is 10.7. The summed E-state index contributed by atoms with van der Waals surface area (Å²) in [6.07, 6.45) is 1.51. The van der Waals surface area contributed by atoms with Crippen molar-refractivity contribution in [2.75, 3.05) is 11.9 Å². The molecule has 0 aliphatic heterocycles. The SMILES string of the molecule is CCOC(=O)c1cc2cc(Nc3cc(-c4ccc(C(C)=O)cc4)ncn3)ccc2[se]1. The number of Topliss-reactive ketones (excluding diaryl/α,β-unsaturated/α-hetero) is 1. The molecule has 4 aromatic rings. The Bertz CT molecular complexity index is 1230. The second-order valence-electron chi connectivity index (χ2n) is 6.63. The van der Waals surface area contributed by atoms with Gasteiger partial charge in [-0.15, -0.1) is 0 Å². The number of carbonyl (C=O) groups excluding carboxylic acids is 2. The number of nitrogens with one attached hydrogen (secondary N) is 1. The molecular weight excluding hydrogens is 445 g/mol. The van der Waals surface area contributed by atoms with Crippen molar-refractivity contribution in [1.82, 2.24) is 9.97 Å². The van der Waals surface area contributed by atoms with Crippen LogP contribution in [0.15, 0.2) is 60.9 Å². The van der Waals surface area contributed by atoms with Gasteiger partial charge in [-0.1, -0.05) is 0 Å². The van der Waals surface area contributed by atoms with E-state index < -0.39 is 0 Å². The average molecular weight is 464 g/mol. The molecule has 0 saturated carbocycles. The van der Waals surface area contributed by atoms with Gasteiger partial charge in [0.15, 0.2) is 5.78 Å². The fourth-order valence-electron chi connectivity index (χ4n) is 3.03. The van der Waals surface area contributed by atoms with E-state index in [0.29, 0.717) is 18.0 Å². The summed E-state index contributed by atoms with van der Waals surface area (Å²) in [7, 11) is 0. The van der Waals surface area contributed by atoms with Crippen molar-refractivity contribution in [3.63, 3.8) is 0 Å². The Balaban J connectivity index is 1.56. The van der Waals surface area contributed by atoms with Gasteiger partial charge in [-0.05, 0) is 6.92 Å². The molecule has 0 bridgehead atoms. The first kappa shape index (κ1) is 20.0. The van der Waals surface area contributed by atoms with Gasteiger partial charge in [0.05, 0.1) is 0 Å². The topological polar surface area (TPSA) is 81.2 Å². The van der Waals surface area contributed by atoms with E-state index in [1.54, 1.807) is 19.1 Å². The molecule has 1 N–H and O–H groups in total. The summed E-state index contributed by atoms with van der Waals surface area (Å²) in [5.41, 5.74) is 3.21. The van der Waals surface area contributed by atoms with Crippen molar-refractivity contribution in [3.8, 4) is 11.3 Å². The molecule has 6 nitrogen and oxygen atoms in total. The maximum atomic E-state index is 12.0. The molecule has 0 amide bonds. The predicted octanol–water partition coefficient (Wildman–Crippen LogP) is 4.48. The molecule has 2 aromatic carbocycles. The monoisotopic (exact) mass is 465 g/mol. The predicted molar refractivity (Wildman–Crippen MR) is 118 cm³/mol. The van der Waals surface area contributed by atoms with E-state index in [0.717, 1.165) is 31.0 Å². The van der Waals surface area contributed by atoms with E-state index >= 15 is 0 Å². The van der Waals surface area contributed by atoms with Crippen molar-refractivity contribution >= 4 is 47.4 Å². The van der Waals surface area contributed by atoms with E-state index in [1.807, 2.05) is 49.4 Å². The van der Waals surface area contributed by atoms with Crippen LogP contribution >= 0.6 is 0 Å². The number of aromatic nitrogens is 2. The van der Waals surface area contributed by atoms with Crippen LogP contribution in [0.25, 0.3) is 20.9 Å². The summed E-state index contributed by atoms with van der Waals surface area (Å²) in [6.45, 7) is 3.73. The standard InChI is InChI=1S/C23H19N3O3Se/c1-3-29-23(28)21-11-17-10-18(8-9-20(17)30-21)26-22-12-19(24-13-25-22)16-6-4-15(5-7-16)14(2)27/h4-13H,3H2,1-2H3,(H,24,25,26). The van der Waals surface area contributed by atoms with Gasteiger partial charge in [0.25, 0.3) is 0 Å². The molecule has 0 unspecified atom stereocenters. The van der Waals surface area contributed by atoms with Gasteiger partial charge in [0, 0.05) is 0 Å². The second-order valence-corrected chi connectivity index (χ2v) is 8.90. The molecule has 0 aliphatic rings. The fraction of sp³-hybridized carbons (Fsp3) is 0.130. The molecule has 150 valence electrons. The first-order valence-corrected chi connectivity index (χ1v) is 11.2. The first-order chi connectivity index (χ1) is 14.5. The third-order valence-corrected chi connectivity index (χ3v) is 6.82. The molecule has 2 aromatic heterocycles. The van der Waals surface area contributed by atoms with Gasteiger partial charge in [-0.25, -0.2) is 0 Å². The summed E-state index contributed by atoms with van der Waals surface area (Å²) >= 11 is -0.0335. The zero-order valence-electron chi connectivity index (χ0n) is 16.5. The number of esters is 1. The number of hydrogen-bond acceptors (Lipinski definition) is 6. The summed E-state index contributed by atoms with van der Waals surface area (Å²) in [5.74, 6) is 0.456.